The summed E-state index contributed by atoms with van der Waals surface area (Å²) in [4.78, 5) is 14.9. The molecule has 2 aromatic rings. The number of amides is 1. The second-order valence-corrected chi connectivity index (χ2v) is 9.46. The van der Waals surface area contributed by atoms with Crippen LogP contribution in [0.3, 0.4) is 0 Å². The summed E-state index contributed by atoms with van der Waals surface area (Å²) in [5, 5.41) is 0.411. The summed E-state index contributed by atoms with van der Waals surface area (Å²) in [6.45, 7) is 1.32. The van der Waals surface area contributed by atoms with Crippen LogP contribution in [-0.2, 0) is 27.8 Å². The van der Waals surface area contributed by atoms with Crippen molar-refractivity contribution in [2.75, 3.05) is 23.7 Å². The molecule has 1 atom stereocenters. The summed E-state index contributed by atoms with van der Waals surface area (Å²) in [5.41, 5.74) is 2.77. The molecule has 4 rings (SSSR count). The van der Waals surface area contributed by atoms with Crippen molar-refractivity contribution in [1.29, 1.82) is 0 Å². The van der Waals surface area contributed by atoms with Crippen LogP contribution in [0.5, 0.6) is 5.75 Å². The highest BCUT2D eigenvalue weighted by molar-refractivity contribution is 7.92. The molecule has 0 radical (unpaired) electrons. The minimum Gasteiger partial charge on any atom is -0.478 e. The van der Waals surface area contributed by atoms with Crippen LogP contribution in [0.15, 0.2) is 42.5 Å². The molecule has 2 aliphatic heterocycles. The average Bonchev–Trinajstić information content (AvgIpc) is 2.86. The minimum atomic E-state index is -3.52. The third-order valence-electron chi connectivity index (χ3n) is 5.17. The van der Waals surface area contributed by atoms with Crippen LogP contribution in [0.25, 0.3) is 0 Å². The first-order chi connectivity index (χ1) is 13.3. The summed E-state index contributed by atoms with van der Waals surface area (Å²) >= 11 is 6.06. The molecule has 2 heterocycles. The molecule has 2 aromatic carbocycles. The molecule has 0 aliphatic carbocycles. The number of hydrogen-bond acceptors (Lipinski definition) is 4. The summed E-state index contributed by atoms with van der Waals surface area (Å²) in [5.74, 6) is 0.230. The molecule has 6 nitrogen and oxygen atoms in total. The zero-order valence-corrected chi connectivity index (χ0v) is 17.0. The van der Waals surface area contributed by atoms with Gasteiger partial charge in [-0.15, -0.1) is 0 Å². The van der Waals surface area contributed by atoms with Crippen LogP contribution in [0.1, 0.15) is 17.5 Å². The van der Waals surface area contributed by atoms with Crippen molar-refractivity contribution in [2.45, 2.75) is 25.5 Å². The second-order valence-electron chi connectivity index (χ2n) is 7.12. The number of sulfonamides is 1. The summed E-state index contributed by atoms with van der Waals surface area (Å²) < 4.78 is 31.8. The van der Waals surface area contributed by atoms with E-state index in [0.29, 0.717) is 29.5 Å². The number of fused-ring (bicyclic) bond motifs is 2. The van der Waals surface area contributed by atoms with Crippen LogP contribution in [0.4, 0.5) is 5.69 Å². The Morgan fingerprint density at radius 3 is 2.64 bits per heavy atom. The Hall–Kier alpha value is -2.25. The van der Waals surface area contributed by atoms with Crippen molar-refractivity contribution in [3.63, 3.8) is 0 Å². The van der Waals surface area contributed by atoms with Crippen molar-refractivity contribution >= 4 is 33.2 Å². The molecule has 148 valence electrons. The number of halogens is 1. The molecule has 0 bridgehead atoms. The van der Waals surface area contributed by atoms with E-state index < -0.39 is 16.1 Å². The van der Waals surface area contributed by atoms with E-state index in [2.05, 4.69) is 6.07 Å². The first kappa shape index (κ1) is 19.1. The van der Waals surface area contributed by atoms with E-state index in [1.54, 1.807) is 23.1 Å². The number of nitrogens with zero attached hydrogens (tertiary/aromatic N) is 2. The lowest BCUT2D eigenvalue weighted by Gasteiger charge is -2.31. The van der Waals surface area contributed by atoms with Gasteiger partial charge in [-0.25, -0.2) is 8.42 Å². The first-order valence-electron chi connectivity index (χ1n) is 9.12. The summed E-state index contributed by atoms with van der Waals surface area (Å²) in [7, 11) is -3.52. The van der Waals surface area contributed by atoms with Gasteiger partial charge in [0, 0.05) is 31.1 Å². The van der Waals surface area contributed by atoms with Gasteiger partial charge in [0.1, 0.15) is 5.75 Å². The smallest absolute Gasteiger partial charge is 0.264 e. The van der Waals surface area contributed by atoms with Crippen molar-refractivity contribution < 1.29 is 17.9 Å². The SMILES string of the molecule is CS(=O)(=O)N1CC[C@H](C(=O)N2CCc3ccccc3C2)Oc2ccc(Cl)cc21. The van der Waals surface area contributed by atoms with Gasteiger partial charge >= 0.3 is 0 Å². The number of anilines is 1. The topological polar surface area (TPSA) is 66.9 Å². The van der Waals surface area contributed by atoms with E-state index in [9.17, 15) is 13.2 Å². The monoisotopic (exact) mass is 420 g/mol. The highest BCUT2D eigenvalue weighted by Gasteiger charge is 2.34. The number of benzene rings is 2. The van der Waals surface area contributed by atoms with Crippen LogP contribution >= 0.6 is 11.6 Å². The fraction of sp³-hybridized carbons (Fsp3) is 0.350. The van der Waals surface area contributed by atoms with Gasteiger partial charge in [-0.1, -0.05) is 35.9 Å². The first-order valence-corrected chi connectivity index (χ1v) is 11.3. The van der Waals surface area contributed by atoms with Gasteiger partial charge in [0.25, 0.3) is 5.91 Å². The van der Waals surface area contributed by atoms with Crippen molar-refractivity contribution in [3.8, 4) is 5.75 Å². The van der Waals surface area contributed by atoms with Gasteiger partial charge in [0.05, 0.1) is 11.9 Å². The number of carbonyl (C=O) groups excluding carboxylic acids is 1. The molecule has 0 aromatic heterocycles. The van der Waals surface area contributed by atoms with Gasteiger partial charge in [0.15, 0.2) is 6.10 Å². The van der Waals surface area contributed by atoms with Crippen LogP contribution < -0.4 is 9.04 Å². The van der Waals surface area contributed by atoms with Crippen molar-refractivity contribution in [2.24, 2.45) is 0 Å². The molecule has 0 saturated heterocycles. The largest absolute Gasteiger partial charge is 0.478 e. The normalized spacial score (nSPS) is 19.3. The molecule has 0 fully saturated rings. The Bertz CT molecular complexity index is 1020. The molecular formula is C20H21ClN2O4S. The zero-order valence-electron chi connectivity index (χ0n) is 15.5. The predicted molar refractivity (Wildman–Crippen MR) is 108 cm³/mol. The van der Waals surface area contributed by atoms with E-state index in [0.717, 1.165) is 18.2 Å². The van der Waals surface area contributed by atoms with Crippen LogP contribution in [-0.4, -0.2) is 44.7 Å². The summed E-state index contributed by atoms with van der Waals surface area (Å²) in [6, 6.07) is 12.9. The molecule has 0 spiro atoms. The number of rotatable bonds is 2. The lowest BCUT2D eigenvalue weighted by molar-refractivity contribution is -0.139. The van der Waals surface area contributed by atoms with Gasteiger partial charge in [0.2, 0.25) is 10.0 Å². The Labute approximate surface area is 169 Å². The molecule has 28 heavy (non-hydrogen) atoms. The summed E-state index contributed by atoms with van der Waals surface area (Å²) in [6.07, 6.45) is 1.48. The number of carbonyl (C=O) groups is 1. The maximum absolute atomic E-state index is 13.2. The Kier molecular flexibility index (Phi) is 4.97. The molecule has 0 saturated carbocycles. The molecule has 0 N–H and O–H groups in total. The maximum Gasteiger partial charge on any atom is 0.264 e. The standard InChI is InChI=1S/C20H21ClN2O4S/c1-28(25,26)23-11-9-19(27-18-7-6-16(21)12-17(18)23)20(24)22-10-8-14-4-2-3-5-15(14)13-22/h2-7,12,19H,8-11,13H2,1H3/t19-/m1/s1. The quantitative estimate of drug-likeness (QED) is 0.749. The molecule has 2 aliphatic rings. The van der Waals surface area contributed by atoms with Crippen molar-refractivity contribution in [3.05, 3.63) is 58.6 Å². The van der Waals surface area contributed by atoms with E-state index in [1.807, 2.05) is 18.2 Å². The number of ether oxygens (including phenoxy) is 1. The minimum absolute atomic E-state index is 0.120. The molecule has 0 unspecified atom stereocenters. The number of hydrogen-bond donors (Lipinski definition) is 0. The van der Waals surface area contributed by atoms with Gasteiger partial charge in [-0.2, -0.15) is 0 Å². The van der Waals surface area contributed by atoms with E-state index >= 15 is 0 Å². The fourth-order valence-electron chi connectivity index (χ4n) is 3.76. The predicted octanol–water partition coefficient (Wildman–Crippen LogP) is 2.84. The van der Waals surface area contributed by atoms with Crippen LogP contribution in [0, 0.1) is 0 Å². The van der Waals surface area contributed by atoms with Gasteiger partial charge in [-0.3, -0.25) is 9.10 Å². The maximum atomic E-state index is 13.2. The van der Waals surface area contributed by atoms with Gasteiger partial charge in [-0.05, 0) is 35.7 Å². The zero-order chi connectivity index (χ0) is 19.9. The van der Waals surface area contributed by atoms with Gasteiger partial charge < -0.3 is 9.64 Å². The molecule has 8 heteroatoms. The van der Waals surface area contributed by atoms with Crippen molar-refractivity contribution in [1.82, 2.24) is 4.90 Å². The average molecular weight is 421 g/mol. The second kappa shape index (κ2) is 7.29. The highest BCUT2D eigenvalue weighted by Crippen LogP contribution is 2.36. The van der Waals surface area contributed by atoms with E-state index in [4.69, 9.17) is 16.3 Å². The van der Waals surface area contributed by atoms with E-state index in [-0.39, 0.29) is 18.9 Å². The Morgan fingerprint density at radius 2 is 1.89 bits per heavy atom. The highest BCUT2D eigenvalue weighted by atomic mass is 35.5. The lowest BCUT2D eigenvalue weighted by Crippen LogP contribution is -2.45. The lowest BCUT2D eigenvalue weighted by atomic mass is 9.99. The Balaban J connectivity index is 1.60. The van der Waals surface area contributed by atoms with E-state index in [1.165, 1.54) is 9.87 Å². The Morgan fingerprint density at radius 1 is 1.14 bits per heavy atom. The fourth-order valence-corrected chi connectivity index (χ4v) is 4.86. The van der Waals surface area contributed by atoms with Crippen LogP contribution in [0.2, 0.25) is 5.02 Å². The third-order valence-corrected chi connectivity index (χ3v) is 6.59. The molecule has 1 amide bonds. The third kappa shape index (κ3) is 3.69. The molecular weight excluding hydrogens is 400 g/mol.